The third-order valence-electron chi connectivity index (χ3n) is 1.22. The molecule has 0 amide bonds. The Morgan fingerprint density at radius 1 is 1.33 bits per heavy atom. The van der Waals surface area contributed by atoms with E-state index < -0.39 is 6.69 Å². The summed E-state index contributed by atoms with van der Waals surface area (Å²) in [7, 11) is 0. The van der Waals surface area contributed by atoms with E-state index in [1.54, 1.807) is 0 Å². The third-order valence-corrected chi connectivity index (χ3v) is 6.20. The van der Waals surface area contributed by atoms with Crippen LogP contribution < -0.4 is 0 Å². The second-order valence-electron chi connectivity index (χ2n) is 2.81. The molecule has 0 radical (unpaired) electrons. The van der Waals surface area contributed by atoms with Crippen molar-refractivity contribution in [2.24, 2.45) is 5.92 Å². The maximum absolute atomic E-state index is 6.02. The summed E-state index contributed by atoms with van der Waals surface area (Å²) >= 11 is 12.0. The highest BCUT2D eigenvalue weighted by molar-refractivity contribution is 7.45. The minimum atomic E-state index is -1.80. The zero-order valence-electron chi connectivity index (χ0n) is 6.25. The lowest BCUT2D eigenvalue weighted by Crippen LogP contribution is -2.19. The monoisotopic (exact) mass is 184 g/mol. The Morgan fingerprint density at radius 3 is 1.89 bits per heavy atom. The molecule has 0 aromatic heterocycles. The molecular formula is C6H14Cl2Si. The Bertz CT molecular complexity index is 81.1. The predicted octanol–water partition coefficient (Wildman–Crippen LogP) is 3.58. The molecule has 3 heteroatoms. The zero-order valence-corrected chi connectivity index (χ0v) is 8.76. The van der Waals surface area contributed by atoms with Gasteiger partial charge in [0.15, 0.2) is 0 Å². The SMILES string of the molecule is CC[Si](Cl)(Cl)CC(C)C. The number of hydrogen-bond acceptors (Lipinski definition) is 0. The fourth-order valence-electron chi connectivity index (χ4n) is 0.742. The summed E-state index contributed by atoms with van der Waals surface area (Å²) in [5.41, 5.74) is 0. The lowest BCUT2D eigenvalue weighted by molar-refractivity contribution is 0.726. The summed E-state index contributed by atoms with van der Waals surface area (Å²) in [5, 5.41) is 0. The van der Waals surface area contributed by atoms with Crippen molar-refractivity contribution in [2.45, 2.75) is 32.9 Å². The fraction of sp³-hybridized carbons (Fsp3) is 1.00. The van der Waals surface area contributed by atoms with Gasteiger partial charge in [0, 0.05) is 0 Å². The Morgan fingerprint density at radius 2 is 1.78 bits per heavy atom. The molecule has 0 unspecified atom stereocenters. The maximum atomic E-state index is 6.02. The van der Waals surface area contributed by atoms with Gasteiger partial charge in [0.05, 0.1) is 0 Å². The molecule has 0 saturated carbocycles. The van der Waals surface area contributed by atoms with Crippen molar-refractivity contribution >= 4 is 28.9 Å². The average molecular weight is 185 g/mol. The molecule has 0 aromatic carbocycles. The van der Waals surface area contributed by atoms with Gasteiger partial charge in [-0.3, -0.25) is 0 Å². The Hall–Kier alpha value is 0.797. The van der Waals surface area contributed by atoms with Crippen LogP contribution in [0.5, 0.6) is 0 Å². The number of rotatable bonds is 3. The lowest BCUT2D eigenvalue weighted by Gasteiger charge is -2.15. The molecule has 56 valence electrons. The van der Waals surface area contributed by atoms with Crippen LogP contribution in [0.3, 0.4) is 0 Å². The van der Waals surface area contributed by atoms with Crippen molar-refractivity contribution < 1.29 is 0 Å². The van der Waals surface area contributed by atoms with E-state index in [0.29, 0.717) is 5.92 Å². The van der Waals surface area contributed by atoms with E-state index in [9.17, 15) is 0 Å². The number of hydrogen-bond donors (Lipinski definition) is 0. The van der Waals surface area contributed by atoms with Crippen LogP contribution in [-0.4, -0.2) is 6.69 Å². The molecule has 0 rings (SSSR count). The second kappa shape index (κ2) is 3.84. The first-order valence-corrected chi connectivity index (χ1v) is 7.79. The van der Waals surface area contributed by atoms with Gasteiger partial charge in [-0.05, 0) is 18.0 Å². The smallest absolute Gasteiger partial charge is 0.146 e. The third kappa shape index (κ3) is 5.25. The van der Waals surface area contributed by atoms with Crippen molar-refractivity contribution in [3.05, 3.63) is 0 Å². The minimum Gasteiger partial charge on any atom is -0.146 e. The van der Waals surface area contributed by atoms with Gasteiger partial charge in [0.25, 0.3) is 6.69 Å². The summed E-state index contributed by atoms with van der Waals surface area (Å²) < 4.78 is 0. The highest BCUT2D eigenvalue weighted by Crippen LogP contribution is 2.28. The topological polar surface area (TPSA) is 0 Å². The van der Waals surface area contributed by atoms with Gasteiger partial charge < -0.3 is 0 Å². The molecule has 0 atom stereocenters. The van der Waals surface area contributed by atoms with Crippen LogP contribution in [-0.2, 0) is 0 Å². The van der Waals surface area contributed by atoms with E-state index in [0.717, 1.165) is 12.1 Å². The van der Waals surface area contributed by atoms with Gasteiger partial charge >= 0.3 is 0 Å². The molecular weight excluding hydrogens is 171 g/mol. The zero-order chi connectivity index (χ0) is 7.49. The predicted molar refractivity (Wildman–Crippen MR) is 47.6 cm³/mol. The molecule has 0 N–H and O–H groups in total. The summed E-state index contributed by atoms with van der Waals surface area (Å²) in [6.07, 6.45) is 0. The van der Waals surface area contributed by atoms with Crippen LogP contribution in [0.2, 0.25) is 12.1 Å². The number of halogens is 2. The van der Waals surface area contributed by atoms with Crippen LogP contribution in [0.1, 0.15) is 20.8 Å². The maximum Gasteiger partial charge on any atom is 0.251 e. The van der Waals surface area contributed by atoms with E-state index in [-0.39, 0.29) is 0 Å². The van der Waals surface area contributed by atoms with E-state index in [1.807, 2.05) is 0 Å². The van der Waals surface area contributed by atoms with Crippen LogP contribution in [0.4, 0.5) is 0 Å². The van der Waals surface area contributed by atoms with Crippen molar-refractivity contribution in [1.82, 2.24) is 0 Å². The van der Waals surface area contributed by atoms with Crippen LogP contribution >= 0.6 is 22.2 Å². The Balaban J connectivity index is 3.58. The van der Waals surface area contributed by atoms with E-state index in [2.05, 4.69) is 20.8 Å². The van der Waals surface area contributed by atoms with E-state index >= 15 is 0 Å². The molecule has 0 nitrogen and oxygen atoms in total. The lowest BCUT2D eigenvalue weighted by atomic mass is 10.3. The van der Waals surface area contributed by atoms with Crippen LogP contribution in [0.25, 0.3) is 0 Å². The highest BCUT2D eigenvalue weighted by Gasteiger charge is 2.26. The standard InChI is InChI=1S/C6H14Cl2Si/c1-4-9(7,8)5-6(2)3/h6H,4-5H2,1-3H3. The van der Waals surface area contributed by atoms with Gasteiger partial charge in [-0.2, -0.15) is 0 Å². The summed E-state index contributed by atoms with van der Waals surface area (Å²) in [6, 6.07) is 1.99. The van der Waals surface area contributed by atoms with Gasteiger partial charge in [-0.15, -0.1) is 22.2 Å². The van der Waals surface area contributed by atoms with Crippen molar-refractivity contribution in [1.29, 1.82) is 0 Å². The van der Waals surface area contributed by atoms with Gasteiger partial charge in [-0.1, -0.05) is 20.8 Å². The molecule has 9 heavy (non-hydrogen) atoms. The Labute approximate surface area is 68.0 Å². The fourth-order valence-corrected chi connectivity index (χ4v) is 4.08. The second-order valence-corrected chi connectivity index (χ2v) is 10.6. The molecule has 0 aromatic rings. The minimum absolute atomic E-state index is 0.645. The summed E-state index contributed by atoms with van der Waals surface area (Å²) in [4.78, 5) is 0. The van der Waals surface area contributed by atoms with Crippen LogP contribution in [0.15, 0.2) is 0 Å². The first-order chi connectivity index (χ1) is 3.98. The molecule has 0 bridgehead atoms. The average Bonchev–Trinajstić information content (AvgIpc) is 1.63. The molecule has 0 fully saturated rings. The highest BCUT2D eigenvalue weighted by atomic mass is 35.7. The molecule has 0 aliphatic carbocycles. The van der Waals surface area contributed by atoms with Crippen molar-refractivity contribution in [2.75, 3.05) is 0 Å². The van der Waals surface area contributed by atoms with Crippen LogP contribution in [0, 0.1) is 5.92 Å². The van der Waals surface area contributed by atoms with Crippen molar-refractivity contribution in [3.63, 3.8) is 0 Å². The van der Waals surface area contributed by atoms with Gasteiger partial charge in [-0.25, -0.2) is 0 Å². The molecule has 0 heterocycles. The normalized spacial score (nSPS) is 12.7. The quantitative estimate of drug-likeness (QED) is 0.465. The van der Waals surface area contributed by atoms with E-state index in [1.165, 1.54) is 0 Å². The van der Waals surface area contributed by atoms with Gasteiger partial charge in [0.2, 0.25) is 0 Å². The molecule has 0 saturated heterocycles. The first kappa shape index (κ1) is 9.80. The summed E-state index contributed by atoms with van der Waals surface area (Å²) in [5.74, 6) is 0.645. The summed E-state index contributed by atoms with van der Waals surface area (Å²) in [6.45, 7) is 4.58. The largest absolute Gasteiger partial charge is 0.251 e. The molecule has 0 spiro atoms. The molecule has 0 aliphatic heterocycles. The first-order valence-electron chi connectivity index (χ1n) is 3.36. The molecule has 0 aliphatic rings. The van der Waals surface area contributed by atoms with Crippen molar-refractivity contribution in [3.8, 4) is 0 Å². The Kier molecular flexibility index (Phi) is 4.18. The van der Waals surface area contributed by atoms with Gasteiger partial charge in [0.1, 0.15) is 0 Å². The van der Waals surface area contributed by atoms with E-state index in [4.69, 9.17) is 22.2 Å².